The Morgan fingerprint density at radius 2 is 2.24 bits per heavy atom. The molecular formula is C13H20ClN3. The third-order valence-electron chi connectivity index (χ3n) is 4.51. The normalized spacial score (nSPS) is 32.5. The molecule has 1 N–H and O–H groups in total. The van der Waals surface area contributed by atoms with Crippen LogP contribution in [-0.4, -0.2) is 16.3 Å². The second-order valence-electron chi connectivity index (χ2n) is 5.37. The molecule has 0 aromatic carbocycles. The Morgan fingerprint density at radius 3 is 2.76 bits per heavy atom. The first-order valence-corrected chi connectivity index (χ1v) is 7.02. The van der Waals surface area contributed by atoms with Gasteiger partial charge in [0.25, 0.3) is 0 Å². The summed E-state index contributed by atoms with van der Waals surface area (Å²) in [5.41, 5.74) is 1.17. The summed E-state index contributed by atoms with van der Waals surface area (Å²) in [5.74, 6) is 2.66. The van der Waals surface area contributed by atoms with Crippen LogP contribution in [0.25, 0.3) is 0 Å². The molecule has 0 radical (unpaired) electrons. The number of nitrogens with zero attached hydrogens (tertiary/aromatic N) is 2. The standard InChI is InChI=1S/C13H20ClN3/c1-3-15-12(11-8-5-4-6-9(8)11)13-10(14)7-16-17(13)2/h7-9,11-12,15H,3-6H2,1-2H3. The summed E-state index contributed by atoms with van der Waals surface area (Å²) in [7, 11) is 1.99. The van der Waals surface area contributed by atoms with Gasteiger partial charge in [-0.1, -0.05) is 24.9 Å². The molecule has 17 heavy (non-hydrogen) atoms. The van der Waals surface area contributed by atoms with E-state index >= 15 is 0 Å². The predicted octanol–water partition coefficient (Wildman–Crippen LogP) is 2.77. The molecule has 2 fully saturated rings. The van der Waals surface area contributed by atoms with E-state index in [-0.39, 0.29) is 0 Å². The molecule has 2 saturated carbocycles. The van der Waals surface area contributed by atoms with E-state index in [9.17, 15) is 0 Å². The zero-order valence-electron chi connectivity index (χ0n) is 10.5. The number of hydrogen-bond acceptors (Lipinski definition) is 2. The fraction of sp³-hybridized carbons (Fsp3) is 0.769. The molecule has 4 heteroatoms. The molecule has 1 heterocycles. The van der Waals surface area contributed by atoms with Gasteiger partial charge in [0, 0.05) is 7.05 Å². The second kappa shape index (κ2) is 4.29. The van der Waals surface area contributed by atoms with Gasteiger partial charge < -0.3 is 5.32 Å². The molecule has 3 atom stereocenters. The summed E-state index contributed by atoms with van der Waals surface area (Å²) < 4.78 is 1.93. The van der Waals surface area contributed by atoms with E-state index in [0.717, 1.165) is 29.3 Å². The lowest BCUT2D eigenvalue weighted by atomic mass is 10.0. The van der Waals surface area contributed by atoms with Crippen molar-refractivity contribution in [3.63, 3.8) is 0 Å². The van der Waals surface area contributed by atoms with Crippen molar-refractivity contribution in [3.05, 3.63) is 16.9 Å². The highest BCUT2D eigenvalue weighted by atomic mass is 35.5. The Bertz CT molecular complexity index is 385. The summed E-state index contributed by atoms with van der Waals surface area (Å²) in [6, 6.07) is 0.398. The molecule has 3 nitrogen and oxygen atoms in total. The smallest absolute Gasteiger partial charge is 0.0834 e. The van der Waals surface area contributed by atoms with Gasteiger partial charge in [0.2, 0.25) is 0 Å². The van der Waals surface area contributed by atoms with E-state index in [1.165, 1.54) is 25.0 Å². The van der Waals surface area contributed by atoms with Crippen LogP contribution in [0.4, 0.5) is 0 Å². The topological polar surface area (TPSA) is 29.9 Å². The number of aromatic nitrogens is 2. The van der Waals surface area contributed by atoms with Gasteiger partial charge in [-0.2, -0.15) is 5.10 Å². The SMILES string of the molecule is CCNC(c1c(Cl)cnn1C)C1C2CCCC21. The van der Waals surface area contributed by atoms with Crippen molar-refractivity contribution in [1.82, 2.24) is 15.1 Å². The van der Waals surface area contributed by atoms with Gasteiger partial charge in [-0.05, 0) is 37.1 Å². The average Bonchev–Trinajstić information content (AvgIpc) is 2.65. The number of aryl methyl sites for hydroxylation is 1. The van der Waals surface area contributed by atoms with Gasteiger partial charge in [0.15, 0.2) is 0 Å². The minimum atomic E-state index is 0.398. The molecule has 3 unspecified atom stereocenters. The minimum absolute atomic E-state index is 0.398. The van der Waals surface area contributed by atoms with Gasteiger partial charge in [-0.25, -0.2) is 0 Å². The quantitative estimate of drug-likeness (QED) is 0.894. The first-order valence-electron chi connectivity index (χ1n) is 6.64. The number of fused-ring (bicyclic) bond motifs is 1. The predicted molar refractivity (Wildman–Crippen MR) is 69.0 cm³/mol. The van der Waals surface area contributed by atoms with Gasteiger partial charge in [0.1, 0.15) is 0 Å². The third kappa shape index (κ3) is 1.80. The Balaban J connectivity index is 1.86. The number of hydrogen-bond donors (Lipinski definition) is 1. The minimum Gasteiger partial charge on any atom is -0.309 e. The van der Waals surface area contributed by atoms with Gasteiger partial charge in [-0.3, -0.25) is 4.68 Å². The molecule has 1 aromatic heterocycles. The fourth-order valence-corrected chi connectivity index (χ4v) is 4.06. The maximum absolute atomic E-state index is 6.28. The van der Waals surface area contributed by atoms with E-state index in [4.69, 9.17) is 11.6 Å². The van der Waals surface area contributed by atoms with Crippen molar-refractivity contribution in [2.24, 2.45) is 24.8 Å². The highest BCUT2D eigenvalue weighted by molar-refractivity contribution is 6.31. The molecule has 0 aliphatic heterocycles. The van der Waals surface area contributed by atoms with Crippen molar-refractivity contribution >= 4 is 11.6 Å². The molecule has 3 rings (SSSR count). The lowest BCUT2D eigenvalue weighted by Gasteiger charge is -2.20. The molecule has 2 aliphatic rings. The van der Waals surface area contributed by atoms with E-state index in [1.807, 2.05) is 11.7 Å². The summed E-state index contributed by atoms with van der Waals surface area (Å²) in [5, 5.41) is 8.69. The summed E-state index contributed by atoms with van der Waals surface area (Å²) >= 11 is 6.28. The maximum Gasteiger partial charge on any atom is 0.0834 e. The van der Waals surface area contributed by atoms with E-state index < -0.39 is 0 Å². The Morgan fingerprint density at radius 1 is 1.53 bits per heavy atom. The molecule has 0 amide bonds. The van der Waals surface area contributed by atoms with Crippen molar-refractivity contribution in [2.45, 2.75) is 32.2 Å². The summed E-state index contributed by atoms with van der Waals surface area (Å²) in [6.45, 7) is 3.15. The van der Waals surface area contributed by atoms with Crippen molar-refractivity contribution in [2.75, 3.05) is 6.54 Å². The molecule has 94 valence electrons. The number of rotatable bonds is 4. The van der Waals surface area contributed by atoms with Crippen LogP contribution in [0.1, 0.15) is 37.9 Å². The first kappa shape index (κ1) is 11.5. The fourth-order valence-electron chi connectivity index (χ4n) is 3.78. The Labute approximate surface area is 108 Å². The zero-order valence-corrected chi connectivity index (χ0v) is 11.2. The highest BCUT2D eigenvalue weighted by Crippen LogP contribution is 2.62. The largest absolute Gasteiger partial charge is 0.309 e. The molecule has 0 saturated heterocycles. The Hall–Kier alpha value is -0.540. The van der Waals surface area contributed by atoms with Crippen LogP contribution in [-0.2, 0) is 7.05 Å². The average molecular weight is 254 g/mol. The van der Waals surface area contributed by atoms with E-state index in [0.29, 0.717) is 6.04 Å². The van der Waals surface area contributed by atoms with Crippen molar-refractivity contribution in [1.29, 1.82) is 0 Å². The van der Waals surface area contributed by atoms with Crippen molar-refractivity contribution < 1.29 is 0 Å². The lowest BCUT2D eigenvalue weighted by Crippen LogP contribution is -2.26. The first-order chi connectivity index (χ1) is 8.24. The van der Waals surface area contributed by atoms with Crippen LogP contribution in [0.3, 0.4) is 0 Å². The second-order valence-corrected chi connectivity index (χ2v) is 5.78. The molecule has 1 aromatic rings. The lowest BCUT2D eigenvalue weighted by molar-refractivity contribution is 0.404. The van der Waals surface area contributed by atoms with Gasteiger partial charge in [-0.15, -0.1) is 0 Å². The van der Waals surface area contributed by atoms with Crippen LogP contribution in [0.15, 0.2) is 6.20 Å². The van der Waals surface area contributed by atoms with E-state index in [1.54, 1.807) is 6.20 Å². The monoisotopic (exact) mass is 253 g/mol. The zero-order chi connectivity index (χ0) is 12.0. The van der Waals surface area contributed by atoms with Crippen LogP contribution in [0, 0.1) is 17.8 Å². The Kier molecular flexibility index (Phi) is 2.91. The molecule has 0 spiro atoms. The van der Waals surface area contributed by atoms with Crippen LogP contribution >= 0.6 is 11.6 Å². The van der Waals surface area contributed by atoms with Gasteiger partial charge in [0.05, 0.1) is 23.0 Å². The van der Waals surface area contributed by atoms with Crippen LogP contribution in [0.2, 0.25) is 5.02 Å². The molecule has 0 bridgehead atoms. The number of halogens is 1. The third-order valence-corrected chi connectivity index (χ3v) is 4.81. The highest BCUT2D eigenvalue weighted by Gasteiger charge is 2.56. The van der Waals surface area contributed by atoms with Gasteiger partial charge >= 0.3 is 0 Å². The molecular weight excluding hydrogens is 234 g/mol. The molecule has 2 aliphatic carbocycles. The van der Waals surface area contributed by atoms with Crippen LogP contribution in [0.5, 0.6) is 0 Å². The number of nitrogens with one attached hydrogen (secondary N) is 1. The maximum atomic E-state index is 6.28. The summed E-state index contributed by atoms with van der Waals surface area (Å²) in [6.07, 6.45) is 6.00. The van der Waals surface area contributed by atoms with E-state index in [2.05, 4.69) is 17.3 Å². The summed E-state index contributed by atoms with van der Waals surface area (Å²) in [4.78, 5) is 0. The van der Waals surface area contributed by atoms with Crippen LogP contribution < -0.4 is 5.32 Å². The van der Waals surface area contributed by atoms with Crippen molar-refractivity contribution in [3.8, 4) is 0 Å².